The maximum Gasteiger partial charge on any atom is 0.573 e. The largest absolute Gasteiger partial charge is 0.573 e. The molecular formula is C19H25F3O2. The van der Waals surface area contributed by atoms with E-state index >= 15 is 0 Å². The first kappa shape index (κ1) is 17.4. The number of halogens is 3. The Morgan fingerprint density at radius 1 is 1.00 bits per heavy atom. The van der Waals surface area contributed by atoms with Crippen LogP contribution in [0.2, 0.25) is 0 Å². The first-order valence-corrected chi connectivity index (χ1v) is 8.93. The number of alkyl halides is 3. The average Bonchev–Trinajstić information content (AvgIpc) is 2.95. The summed E-state index contributed by atoms with van der Waals surface area (Å²) in [6.07, 6.45) is 4.25. The third-order valence-corrected chi connectivity index (χ3v) is 5.38. The fraction of sp³-hybridized carbons (Fsp3) is 0.684. The molecule has 2 fully saturated rings. The van der Waals surface area contributed by atoms with Crippen molar-refractivity contribution in [1.82, 2.24) is 0 Å². The monoisotopic (exact) mass is 342 g/mol. The minimum absolute atomic E-state index is 0.155. The zero-order chi connectivity index (χ0) is 17.2. The Morgan fingerprint density at radius 3 is 2.25 bits per heavy atom. The molecule has 0 heterocycles. The molecule has 0 unspecified atom stereocenters. The number of hydrogen-bond donors (Lipinski definition) is 0. The minimum Gasteiger partial charge on any atom is -0.489 e. The molecule has 0 saturated heterocycles. The lowest BCUT2D eigenvalue weighted by Gasteiger charge is -2.26. The van der Waals surface area contributed by atoms with Gasteiger partial charge in [0.05, 0.1) is 6.61 Å². The van der Waals surface area contributed by atoms with Gasteiger partial charge in [-0.05, 0) is 55.2 Å². The summed E-state index contributed by atoms with van der Waals surface area (Å²) in [5.41, 5.74) is 1.50. The van der Waals surface area contributed by atoms with Gasteiger partial charge in [-0.1, -0.05) is 38.2 Å². The summed E-state index contributed by atoms with van der Waals surface area (Å²) in [6.45, 7) is 2.18. The Kier molecular flexibility index (Phi) is 5.26. The third kappa shape index (κ3) is 4.37. The van der Waals surface area contributed by atoms with E-state index in [0.717, 1.165) is 37.7 Å². The van der Waals surface area contributed by atoms with Crippen LogP contribution in [0.25, 0.3) is 0 Å². The van der Waals surface area contributed by atoms with Crippen LogP contribution in [0.4, 0.5) is 13.2 Å². The van der Waals surface area contributed by atoms with Crippen LogP contribution < -0.4 is 9.47 Å². The summed E-state index contributed by atoms with van der Waals surface area (Å²) in [7, 11) is 0. The molecule has 0 bridgehead atoms. The van der Waals surface area contributed by atoms with Gasteiger partial charge in [0, 0.05) is 0 Å². The molecule has 24 heavy (non-hydrogen) atoms. The van der Waals surface area contributed by atoms with E-state index in [1.807, 2.05) is 6.07 Å². The van der Waals surface area contributed by atoms with Crippen molar-refractivity contribution < 1.29 is 22.6 Å². The minimum atomic E-state index is -4.70. The molecule has 0 spiro atoms. The van der Waals surface area contributed by atoms with Crippen molar-refractivity contribution >= 4 is 0 Å². The van der Waals surface area contributed by atoms with Crippen molar-refractivity contribution in [3.05, 3.63) is 23.3 Å². The highest BCUT2D eigenvalue weighted by Gasteiger charge is 2.34. The topological polar surface area (TPSA) is 18.5 Å². The molecular weight excluding hydrogens is 317 g/mol. The van der Waals surface area contributed by atoms with E-state index < -0.39 is 6.36 Å². The van der Waals surface area contributed by atoms with Gasteiger partial charge in [0.15, 0.2) is 11.5 Å². The van der Waals surface area contributed by atoms with E-state index in [1.165, 1.54) is 19.3 Å². The highest BCUT2D eigenvalue weighted by Crippen LogP contribution is 2.40. The molecule has 2 nitrogen and oxygen atoms in total. The van der Waals surface area contributed by atoms with Gasteiger partial charge in [-0.2, -0.15) is 0 Å². The van der Waals surface area contributed by atoms with Crippen molar-refractivity contribution in [2.24, 2.45) is 11.8 Å². The van der Waals surface area contributed by atoms with E-state index in [1.54, 1.807) is 13.0 Å². The fourth-order valence-corrected chi connectivity index (χ4v) is 3.68. The molecule has 2 aliphatic rings. The fourth-order valence-electron chi connectivity index (χ4n) is 3.68. The van der Waals surface area contributed by atoms with Crippen molar-refractivity contribution in [2.45, 2.75) is 64.7 Å². The van der Waals surface area contributed by atoms with Gasteiger partial charge in [0.1, 0.15) is 0 Å². The van der Waals surface area contributed by atoms with Crippen LogP contribution in [0.15, 0.2) is 12.1 Å². The maximum absolute atomic E-state index is 12.8. The zero-order valence-corrected chi connectivity index (χ0v) is 14.1. The molecule has 1 aromatic rings. The maximum atomic E-state index is 12.8. The van der Waals surface area contributed by atoms with E-state index in [2.05, 4.69) is 4.74 Å². The Bertz CT molecular complexity index is 558. The van der Waals surface area contributed by atoms with Crippen LogP contribution >= 0.6 is 0 Å². The number of hydrogen-bond acceptors (Lipinski definition) is 2. The van der Waals surface area contributed by atoms with Gasteiger partial charge < -0.3 is 9.47 Å². The van der Waals surface area contributed by atoms with Gasteiger partial charge >= 0.3 is 6.36 Å². The Balaban J connectivity index is 1.79. The van der Waals surface area contributed by atoms with E-state index in [0.29, 0.717) is 24.0 Å². The number of ether oxygens (including phenoxy) is 2. The summed E-state index contributed by atoms with van der Waals surface area (Å²) >= 11 is 0. The van der Waals surface area contributed by atoms with Gasteiger partial charge in [0.25, 0.3) is 0 Å². The smallest absolute Gasteiger partial charge is 0.489 e. The second-order valence-electron chi connectivity index (χ2n) is 7.19. The highest BCUT2D eigenvalue weighted by molar-refractivity contribution is 5.50. The third-order valence-electron chi connectivity index (χ3n) is 5.38. The van der Waals surface area contributed by atoms with Crippen molar-refractivity contribution in [3.63, 3.8) is 0 Å². The molecule has 0 aromatic heterocycles. The van der Waals surface area contributed by atoms with Gasteiger partial charge in [-0.25, -0.2) is 0 Å². The summed E-state index contributed by atoms with van der Waals surface area (Å²) in [5.74, 6) is 1.09. The molecule has 5 heteroatoms. The predicted molar refractivity (Wildman–Crippen MR) is 86.4 cm³/mol. The first-order chi connectivity index (χ1) is 11.4. The SMILES string of the molecule is Cc1c(CC2CCCC2)ccc(OCC2CCC2)c1OC(F)(F)F. The van der Waals surface area contributed by atoms with Crippen LogP contribution in [-0.4, -0.2) is 13.0 Å². The second-order valence-corrected chi connectivity index (χ2v) is 7.19. The molecule has 2 aliphatic carbocycles. The number of rotatable bonds is 6. The van der Waals surface area contributed by atoms with Crippen molar-refractivity contribution in [2.75, 3.05) is 6.61 Å². The molecule has 0 atom stereocenters. The summed E-state index contributed by atoms with van der Waals surface area (Å²) < 4.78 is 48.5. The van der Waals surface area contributed by atoms with Gasteiger partial charge in [-0.3, -0.25) is 0 Å². The lowest BCUT2D eigenvalue weighted by atomic mass is 9.86. The molecule has 1 aromatic carbocycles. The second kappa shape index (κ2) is 7.24. The van der Waals surface area contributed by atoms with E-state index in [-0.39, 0.29) is 11.5 Å². The zero-order valence-electron chi connectivity index (χ0n) is 14.1. The predicted octanol–water partition coefficient (Wildman–Crippen LogP) is 5.81. The van der Waals surface area contributed by atoms with Crippen LogP contribution in [-0.2, 0) is 6.42 Å². The Morgan fingerprint density at radius 2 is 1.67 bits per heavy atom. The van der Waals surface area contributed by atoms with Crippen molar-refractivity contribution in [1.29, 1.82) is 0 Å². The quantitative estimate of drug-likeness (QED) is 0.650. The Labute approximate surface area is 141 Å². The van der Waals surface area contributed by atoms with E-state index in [4.69, 9.17) is 4.74 Å². The van der Waals surface area contributed by atoms with Crippen LogP contribution in [0.1, 0.15) is 56.1 Å². The molecule has 134 valence electrons. The van der Waals surface area contributed by atoms with Gasteiger partial charge in [-0.15, -0.1) is 13.2 Å². The summed E-state index contributed by atoms with van der Waals surface area (Å²) in [5, 5.41) is 0. The standard InChI is InChI=1S/C19H25F3O2/c1-13-16(11-14-5-2-3-6-14)9-10-17(18(13)24-19(20,21)22)23-12-15-7-4-8-15/h9-10,14-15H,2-8,11-12H2,1H3. The molecule has 0 radical (unpaired) electrons. The highest BCUT2D eigenvalue weighted by atomic mass is 19.4. The number of benzene rings is 1. The van der Waals surface area contributed by atoms with E-state index in [9.17, 15) is 13.2 Å². The Hall–Kier alpha value is -1.39. The molecule has 0 N–H and O–H groups in total. The molecule has 2 saturated carbocycles. The lowest BCUT2D eigenvalue weighted by Crippen LogP contribution is -2.22. The average molecular weight is 342 g/mol. The van der Waals surface area contributed by atoms with Gasteiger partial charge in [0.2, 0.25) is 0 Å². The first-order valence-electron chi connectivity index (χ1n) is 8.93. The molecule has 3 rings (SSSR count). The summed E-state index contributed by atoms with van der Waals surface area (Å²) in [6, 6.07) is 3.56. The molecule has 0 aliphatic heterocycles. The normalized spacial score (nSPS) is 19.3. The molecule has 0 amide bonds. The summed E-state index contributed by atoms with van der Waals surface area (Å²) in [4.78, 5) is 0. The lowest BCUT2D eigenvalue weighted by molar-refractivity contribution is -0.275. The van der Waals surface area contributed by atoms with Crippen LogP contribution in [0.3, 0.4) is 0 Å². The van der Waals surface area contributed by atoms with Crippen LogP contribution in [0.5, 0.6) is 11.5 Å². The van der Waals surface area contributed by atoms with Crippen molar-refractivity contribution in [3.8, 4) is 11.5 Å². The van der Waals surface area contributed by atoms with Crippen LogP contribution in [0, 0.1) is 18.8 Å².